The lowest BCUT2D eigenvalue weighted by Crippen LogP contribution is -2.37. The van der Waals surface area contributed by atoms with Gasteiger partial charge in [-0.2, -0.15) is 4.98 Å². The molecule has 0 saturated carbocycles. The van der Waals surface area contributed by atoms with Crippen LogP contribution in [-0.4, -0.2) is 18.7 Å². The lowest BCUT2D eigenvalue weighted by atomic mass is 10.0. The fourth-order valence-corrected chi connectivity index (χ4v) is 3.71. The Morgan fingerprint density at radius 2 is 1.70 bits per heavy atom. The maximum Gasteiger partial charge on any atom is 0.332 e. The summed E-state index contributed by atoms with van der Waals surface area (Å²) in [5, 5.41) is 3.31. The van der Waals surface area contributed by atoms with E-state index >= 15 is 0 Å². The van der Waals surface area contributed by atoms with E-state index in [2.05, 4.69) is 42.3 Å². The highest BCUT2D eigenvalue weighted by Crippen LogP contribution is 2.21. The Morgan fingerprint density at radius 3 is 2.43 bits per heavy atom. The van der Waals surface area contributed by atoms with Crippen molar-refractivity contribution in [1.82, 2.24) is 18.7 Å². The van der Waals surface area contributed by atoms with Crippen LogP contribution in [0.2, 0.25) is 0 Å². The summed E-state index contributed by atoms with van der Waals surface area (Å²) in [6, 6.07) is 16.1. The van der Waals surface area contributed by atoms with Gasteiger partial charge >= 0.3 is 5.69 Å². The van der Waals surface area contributed by atoms with E-state index in [1.165, 1.54) is 28.3 Å². The number of aryl methyl sites for hydroxylation is 5. The number of aromatic nitrogens is 4. The molecule has 0 unspecified atom stereocenters. The standard InChI is InChI=1S/C23H25N5O2/c1-15-10-11-16(2)17(14-15)12-13-28-19-20(26(3)23(30)27(4)21(19)29)25-22(28)24-18-8-6-5-7-9-18/h5-11,14H,12-13H2,1-4H3,(H,24,25). The molecule has 0 saturated heterocycles. The molecule has 154 valence electrons. The molecule has 4 rings (SSSR count). The number of para-hydroxylation sites is 1. The van der Waals surface area contributed by atoms with Crippen LogP contribution in [0.4, 0.5) is 11.6 Å². The van der Waals surface area contributed by atoms with Crippen molar-refractivity contribution < 1.29 is 0 Å². The number of anilines is 2. The second-order valence-corrected chi connectivity index (χ2v) is 7.64. The summed E-state index contributed by atoms with van der Waals surface area (Å²) in [6.07, 6.45) is 0.744. The smallest absolute Gasteiger partial charge is 0.326 e. The maximum atomic E-state index is 13.0. The summed E-state index contributed by atoms with van der Waals surface area (Å²) < 4.78 is 4.43. The quantitative estimate of drug-likeness (QED) is 0.556. The largest absolute Gasteiger partial charge is 0.332 e. The average Bonchev–Trinajstić information content (AvgIpc) is 3.10. The Labute approximate surface area is 174 Å². The average molecular weight is 403 g/mol. The van der Waals surface area contributed by atoms with Crippen LogP contribution in [0, 0.1) is 13.8 Å². The highest BCUT2D eigenvalue weighted by molar-refractivity contribution is 5.75. The number of benzene rings is 2. The molecule has 30 heavy (non-hydrogen) atoms. The van der Waals surface area contributed by atoms with Gasteiger partial charge < -0.3 is 9.88 Å². The van der Waals surface area contributed by atoms with Gasteiger partial charge in [0.05, 0.1) is 0 Å². The number of imidazole rings is 1. The molecule has 0 aliphatic carbocycles. The van der Waals surface area contributed by atoms with Crippen molar-refractivity contribution in [3.63, 3.8) is 0 Å². The van der Waals surface area contributed by atoms with Crippen molar-refractivity contribution in [3.8, 4) is 0 Å². The molecular weight excluding hydrogens is 378 g/mol. The van der Waals surface area contributed by atoms with Crippen LogP contribution >= 0.6 is 0 Å². The molecule has 0 aliphatic rings. The van der Waals surface area contributed by atoms with E-state index < -0.39 is 5.69 Å². The zero-order valence-electron chi connectivity index (χ0n) is 17.6. The normalized spacial score (nSPS) is 11.2. The second kappa shape index (κ2) is 7.67. The zero-order chi connectivity index (χ0) is 21.4. The summed E-state index contributed by atoms with van der Waals surface area (Å²) in [7, 11) is 3.13. The third kappa shape index (κ3) is 3.43. The van der Waals surface area contributed by atoms with Gasteiger partial charge in [0, 0.05) is 26.3 Å². The van der Waals surface area contributed by atoms with Crippen LogP contribution in [-0.2, 0) is 27.1 Å². The summed E-state index contributed by atoms with van der Waals surface area (Å²) in [4.78, 5) is 30.0. The fourth-order valence-electron chi connectivity index (χ4n) is 3.71. The predicted octanol–water partition coefficient (Wildman–Crippen LogP) is 3.04. The summed E-state index contributed by atoms with van der Waals surface area (Å²) in [5.74, 6) is 0.541. The molecule has 0 radical (unpaired) electrons. The van der Waals surface area contributed by atoms with Gasteiger partial charge in [0.1, 0.15) is 0 Å². The minimum atomic E-state index is -0.391. The molecule has 7 nitrogen and oxygen atoms in total. The summed E-state index contributed by atoms with van der Waals surface area (Å²) >= 11 is 0. The molecule has 1 N–H and O–H groups in total. The lowest BCUT2D eigenvalue weighted by molar-refractivity contribution is 0.687. The second-order valence-electron chi connectivity index (χ2n) is 7.64. The van der Waals surface area contributed by atoms with E-state index in [1.807, 2.05) is 34.9 Å². The maximum absolute atomic E-state index is 13.0. The van der Waals surface area contributed by atoms with Gasteiger partial charge in [-0.25, -0.2) is 4.79 Å². The molecule has 0 spiro atoms. The Morgan fingerprint density at radius 1 is 0.967 bits per heavy atom. The van der Waals surface area contributed by atoms with Gasteiger partial charge in [0.25, 0.3) is 5.56 Å². The Kier molecular flexibility index (Phi) is 5.03. The Bertz CT molecular complexity index is 1350. The highest BCUT2D eigenvalue weighted by Gasteiger charge is 2.19. The van der Waals surface area contributed by atoms with Crippen LogP contribution in [0.1, 0.15) is 16.7 Å². The molecule has 7 heteroatoms. The van der Waals surface area contributed by atoms with Gasteiger partial charge in [0.2, 0.25) is 5.95 Å². The molecule has 0 fully saturated rings. The van der Waals surface area contributed by atoms with E-state index in [1.54, 1.807) is 7.05 Å². The number of fused-ring (bicyclic) bond motifs is 1. The van der Waals surface area contributed by atoms with Crippen molar-refractivity contribution in [2.24, 2.45) is 14.1 Å². The predicted molar refractivity (Wildman–Crippen MR) is 120 cm³/mol. The number of hydrogen-bond acceptors (Lipinski definition) is 4. The molecular formula is C23H25N5O2. The third-order valence-corrected chi connectivity index (χ3v) is 5.49. The van der Waals surface area contributed by atoms with E-state index in [4.69, 9.17) is 0 Å². The first-order valence-electron chi connectivity index (χ1n) is 9.91. The molecule has 2 heterocycles. The SMILES string of the molecule is Cc1ccc(C)c(CCn2c(Nc3ccccc3)nc3c2c(=O)n(C)c(=O)n3C)c1. The molecule has 0 aliphatic heterocycles. The van der Waals surface area contributed by atoms with Gasteiger partial charge in [-0.05, 0) is 43.5 Å². The number of hydrogen-bond donors (Lipinski definition) is 1. The molecule has 0 atom stereocenters. The van der Waals surface area contributed by atoms with E-state index in [-0.39, 0.29) is 5.56 Å². The van der Waals surface area contributed by atoms with E-state index in [9.17, 15) is 9.59 Å². The van der Waals surface area contributed by atoms with Crippen LogP contribution < -0.4 is 16.6 Å². The first-order valence-corrected chi connectivity index (χ1v) is 9.91. The zero-order valence-corrected chi connectivity index (χ0v) is 17.6. The first-order chi connectivity index (χ1) is 14.4. The Balaban J connectivity index is 1.86. The van der Waals surface area contributed by atoms with E-state index in [0.717, 1.165) is 16.7 Å². The lowest BCUT2D eigenvalue weighted by Gasteiger charge is -2.12. The first kappa shape index (κ1) is 19.7. The van der Waals surface area contributed by atoms with E-state index in [0.29, 0.717) is 23.7 Å². The minimum absolute atomic E-state index is 0.345. The van der Waals surface area contributed by atoms with Crippen molar-refractivity contribution in [1.29, 1.82) is 0 Å². The van der Waals surface area contributed by atoms with Crippen LogP contribution in [0.15, 0.2) is 58.1 Å². The minimum Gasteiger partial charge on any atom is -0.326 e. The van der Waals surface area contributed by atoms with Gasteiger partial charge in [-0.1, -0.05) is 42.0 Å². The number of nitrogens with one attached hydrogen (secondary N) is 1. The fraction of sp³-hybridized carbons (Fsp3) is 0.261. The third-order valence-electron chi connectivity index (χ3n) is 5.49. The molecule has 0 bridgehead atoms. The molecule has 2 aromatic heterocycles. The topological polar surface area (TPSA) is 73.8 Å². The van der Waals surface area contributed by atoms with Gasteiger partial charge in [-0.3, -0.25) is 13.9 Å². The summed E-state index contributed by atoms with van der Waals surface area (Å²) in [6.45, 7) is 4.72. The molecule has 0 amide bonds. The van der Waals surface area contributed by atoms with Crippen molar-refractivity contribution in [3.05, 3.63) is 86.1 Å². The van der Waals surface area contributed by atoms with Gasteiger partial charge in [0.15, 0.2) is 11.2 Å². The molecule has 2 aromatic carbocycles. The number of nitrogens with zero attached hydrogens (tertiary/aromatic N) is 4. The Hall–Kier alpha value is -3.61. The monoisotopic (exact) mass is 403 g/mol. The van der Waals surface area contributed by atoms with Crippen LogP contribution in [0.5, 0.6) is 0 Å². The summed E-state index contributed by atoms with van der Waals surface area (Å²) in [5.41, 5.74) is 4.56. The highest BCUT2D eigenvalue weighted by atomic mass is 16.2. The number of rotatable bonds is 5. The van der Waals surface area contributed by atoms with Crippen LogP contribution in [0.25, 0.3) is 11.2 Å². The van der Waals surface area contributed by atoms with Crippen molar-refractivity contribution >= 4 is 22.8 Å². The van der Waals surface area contributed by atoms with Gasteiger partial charge in [-0.15, -0.1) is 0 Å². The molecule has 4 aromatic rings. The van der Waals surface area contributed by atoms with Crippen molar-refractivity contribution in [2.75, 3.05) is 5.32 Å². The van der Waals surface area contributed by atoms with Crippen LogP contribution in [0.3, 0.4) is 0 Å². The van der Waals surface area contributed by atoms with Crippen molar-refractivity contribution in [2.45, 2.75) is 26.8 Å².